The smallest absolute Gasteiger partial charge is 0.162 e. The minimum absolute atomic E-state index is 0.119. The largest absolute Gasteiger partial charge is 0.388 e. The quantitative estimate of drug-likeness (QED) is 0.712. The Labute approximate surface area is 138 Å². The molecular weight excluding hydrogens is 314 g/mol. The second-order valence-electron chi connectivity index (χ2n) is 6.07. The van der Waals surface area contributed by atoms with E-state index in [1.807, 2.05) is 0 Å². The van der Waals surface area contributed by atoms with E-state index in [0.29, 0.717) is 22.0 Å². The summed E-state index contributed by atoms with van der Waals surface area (Å²) in [6, 6.07) is 4.93. The Morgan fingerprint density at radius 3 is 2.46 bits per heavy atom. The van der Waals surface area contributed by atoms with Gasteiger partial charge in [-0.05, 0) is 32.0 Å². The van der Waals surface area contributed by atoms with Crippen LogP contribution in [0.1, 0.15) is 40.8 Å². The minimum atomic E-state index is -1.35. The van der Waals surface area contributed by atoms with E-state index >= 15 is 0 Å². The van der Waals surface area contributed by atoms with Gasteiger partial charge in [0.25, 0.3) is 0 Å². The molecule has 7 nitrogen and oxygen atoms in total. The maximum Gasteiger partial charge on any atom is 0.162 e. The number of carbonyl (C=O) groups excluding carboxylic acids is 2. The Morgan fingerprint density at radius 2 is 1.83 bits per heavy atom. The Kier molecular flexibility index (Phi) is 4.27. The van der Waals surface area contributed by atoms with E-state index in [1.165, 1.54) is 20.0 Å². The monoisotopic (exact) mass is 333 g/mol. The van der Waals surface area contributed by atoms with Gasteiger partial charge in [0.15, 0.2) is 17.8 Å². The molecule has 7 heteroatoms. The molecule has 24 heavy (non-hydrogen) atoms. The summed E-state index contributed by atoms with van der Waals surface area (Å²) in [6.45, 7) is 2.72. The summed E-state index contributed by atoms with van der Waals surface area (Å²) in [5, 5.41) is 30.3. The number of ether oxygens (including phenoxy) is 1. The number of rotatable bonds is 3. The number of carbonyl (C=O) groups is 2. The molecule has 0 bridgehead atoms. The highest BCUT2D eigenvalue weighted by molar-refractivity contribution is 6.09. The predicted molar refractivity (Wildman–Crippen MR) is 85.0 cm³/mol. The van der Waals surface area contributed by atoms with Crippen molar-refractivity contribution in [3.8, 4) is 0 Å². The van der Waals surface area contributed by atoms with Crippen LogP contribution in [0.25, 0.3) is 10.9 Å². The second kappa shape index (κ2) is 6.10. The van der Waals surface area contributed by atoms with Gasteiger partial charge in [0, 0.05) is 22.7 Å². The van der Waals surface area contributed by atoms with Crippen molar-refractivity contribution >= 4 is 22.5 Å². The van der Waals surface area contributed by atoms with Gasteiger partial charge in [-0.2, -0.15) is 0 Å². The summed E-state index contributed by atoms with van der Waals surface area (Å²) in [5.41, 5.74) is 1.46. The third-order valence-corrected chi connectivity index (χ3v) is 4.37. The summed E-state index contributed by atoms with van der Waals surface area (Å²) < 4.78 is 7.01. The molecule has 128 valence electrons. The zero-order valence-electron chi connectivity index (χ0n) is 13.3. The molecule has 2 aromatic rings. The van der Waals surface area contributed by atoms with Crippen LogP contribution >= 0.6 is 0 Å². The van der Waals surface area contributed by atoms with Gasteiger partial charge >= 0.3 is 0 Å². The van der Waals surface area contributed by atoms with Crippen molar-refractivity contribution in [3.63, 3.8) is 0 Å². The molecule has 0 radical (unpaired) electrons. The lowest BCUT2D eigenvalue weighted by molar-refractivity contribution is -0.209. The molecule has 1 aliphatic rings. The first-order valence-electron chi connectivity index (χ1n) is 7.63. The first kappa shape index (κ1) is 16.8. The molecular formula is C17H19NO6. The fraction of sp³-hybridized carbons (Fsp3) is 0.412. The van der Waals surface area contributed by atoms with Gasteiger partial charge in [0.2, 0.25) is 0 Å². The zero-order chi connectivity index (χ0) is 17.6. The lowest BCUT2D eigenvalue weighted by Crippen LogP contribution is -2.50. The van der Waals surface area contributed by atoms with Crippen LogP contribution in [0.4, 0.5) is 0 Å². The molecule has 1 saturated heterocycles. The molecule has 1 aromatic heterocycles. The maximum absolute atomic E-state index is 11.9. The molecule has 0 aliphatic carbocycles. The predicted octanol–water partition coefficient (Wildman–Crippen LogP) is 0.658. The van der Waals surface area contributed by atoms with E-state index in [0.717, 1.165) is 0 Å². The van der Waals surface area contributed by atoms with Crippen molar-refractivity contribution in [1.29, 1.82) is 0 Å². The van der Waals surface area contributed by atoms with Crippen LogP contribution in [0.2, 0.25) is 0 Å². The lowest BCUT2D eigenvalue weighted by atomic mass is 10.0. The van der Waals surface area contributed by atoms with E-state index in [-0.39, 0.29) is 18.2 Å². The topological polar surface area (TPSA) is 109 Å². The van der Waals surface area contributed by atoms with Crippen molar-refractivity contribution in [2.75, 3.05) is 6.61 Å². The van der Waals surface area contributed by atoms with Crippen molar-refractivity contribution in [2.45, 2.75) is 38.4 Å². The summed E-state index contributed by atoms with van der Waals surface area (Å²) in [7, 11) is 0. The number of fused-ring (bicyclic) bond motifs is 1. The van der Waals surface area contributed by atoms with Gasteiger partial charge < -0.3 is 24.6 Å². The van der Waals surface area contributed by atoms with Crippen LogP contribution in [-0.4, -0.2) is 56.4 Å². The molecule has 3 N–H and O–H groups in total. The van der Waals surface area contributed by atoms with Gasteiger partial charge in [-0.25, -0.2) is 0 Å². The molecule has 2 heterocycles. The van der Waals surface area contributed by atoms with Gasteiger partial charge in [0.05, 0.1) is 12.1 Å². The first-order valence-corrected chi connectivity index (χ1v) is 7.63. The first-order chi connectivity index (χ1) is 11.3. The summed E-state index contributed by atoms with van der Waals surface area (Å²) >= 11 is 0. The van der Waals surface area contributed by atoms with Crippen molar-refractivity contribution in [1.82, 2.24) is 4.57 Å². The number of benzene rings is 1. The molecule has 3 rings (SSSR count). The lowest BCUT2D eigenvalue weighted by Gasteiger charge is -2.36. The summed E-state index contributed by atoms with van der Waals surface area (Å²) in [4.78, 5) is 23.5. The number of aromatic nitrogens is 1. The van der Waals surface area contributed by atoms with Crippen LogP contribution in [-0.2, 0) is 4.74 Å². The zero-order valence-corrected chi connectivity index (χ0v) is 13.3. The Morgan fingerprint density at radius 1 is 1.12 bits per heavy atom. The number of aliphatic hydroxyl groups excluding tert-OH is 3. The molecule has 0 saturated carbocycles. The van der Waals surface area contributed by atoms with Crippen LogP contribution < -0.4 is 0 Å². The average Bonchev–Trinajstić information content (AvgIpc) is 2.91. The average molecular weight is 333 g/mol. The third kappa shape index (κ3) is 2.65. The maximum atomic E-state index is 11.9. The summed E-state index contributed by atoms with van der Waals surface area (Å²) in [6.07, 6.45) is -3.28. The second-order valence-corrected chi connectivity index (χ2v) is 6.07. The standard InChI is InChI=1S/C17H19NO6/c1-8(19)10-3-4-13-11(5-10)12(9(2)20)6-18(13)17-16(23)15(22)14(21)7-24-17/h3-6,14-17,21-23H,7H2,1-2H3/t14-,15-,16+,17+/m0/s1. The number of hydrogen-bond donors (Lipinski definition) is 3. The van der Waals surface area contributed by atoms with E-state index in [9.17, 15) is 24.9 Å². The number of hydrogen-bond acceptors (Lipinski definition) is 6. The molecule has 0 unspecified atom stereocenters. The highest BCUT2D eigenvalue weighted by Crippen LogP contribution is 2.31. The van der Waals surface area contributed by atoms with Crippen LogP contribution in [0.15, 0.2) is 24.4 Å². The Bertz CT molecular complexity index is 811. The number of Topliss-reactive ketones (excluding diaryl/α,β-unsaturated/α-hetero) is 2. The Hall–Kier alpha value is -2.06. The van der Waals surface area contributed by atoms with Gasteiger partial charge in [-0.3, -0.25) is 9.59 Å². The van der Waals surface area contributed by atoms with Gasteiger partial charge in [-0.15, -0.1) is 0 Å². The van der Waals surface area contributed by atoms with Crippen LogP contribution in [0.5, 0.6) is 0 Å². The van der Waals surface area contributed by atoms with Crippen LogP contribution in [0, 0.1) is 0 Å². The SMILES string of the molecule is CC(=O)c1ccc2c(c1)c(C(C)=O)cn2[C@@H]1OC[C@H](O)[C@H](O)[C@H]1O. The fourth-order valence-electron chi connectivity index (χ4n) is 3.00. The molecule has 1 aromatic carbocycles. The highest BCUT2D eigenvalue weighted by Gasteiger charge is 2.39. The Balaban J connectivity index is 2.15. The number of nitrogens with zero attached hydrogens (tertiary/aromatic N) is 1. The normalized spacial score (nSPS) is 27.4. The summed E-state index contributed by atoms with van der Waals surface area (Å²) in [5.74, 6) is -0.308. The van der Waals surface area contributed by atoms with Crippen molar-refractivity contribution in [3.05, 3.63) is 35.5 Å². The van der Waals surface area contributed by atoms with Gasteiger partial charge in [0.1, 0.15) is 18.3 Å². The molecule has 0 amide bonds. The van der Waals surface area contributed by atoms with Crippen molar-refractivity contribution < 1.29 is 29.6 Å². The third-order valence-electron chi connectivity index (χ3n) is 4.37. The molecule has 1 fully saturated rings. The van der Waals surface area contributed by atoms with E-state index < -0.39 is 24.5 Å². The highest BCUT2D eigenvalue weighted by atomic mass is 16.5. The van der Waals surface area contributed by atoms with E-state index in [1.54, 1.807) is 22.8 Å². The number of aliphatic hydroxyl groups is 3. The van der Waals surface area contributed by atoms with Gasteiger partial charge in [-0.1, -0.05) is 0 Å². The minimum Gasteiger partial charge on any atom is -0.388 e. The van der Waals surface area contributed by atoms with E-state index in [2.05, 4.69) is 0 Å². The molecule has 0 spiro atoms. The molecule has 1 aliphatic heterocycles. The molecule has 4 atom stereocenters. The van der Waals surface area contributed by atoms with E-state index in [4.69, 9.17) is 4.74 Å². The fourth-order valence-corrected chi connectivity index (χ4v) is 3.00. The van der Waals surface area contributed by atoms with Crippen molar-refractivity contribution in [2.24, 2.45) is 0 Å². The van der Waals surface area contributed by atoms with Crippen LogP contribution in [0.3, 0.4) is 0 Å². The number of ketones is 2.